The molecule has 2 amide bonds. The lowest BCUT2D eigenvalue weighted by atomic mass is 10.0. The van der Waals surface area contributed by atoms with Crippen molar-refractivity contribution in [1.29, 1.82) is 0 Å². The Hall–Kier alpha value is -3.22. The molecule has 0 atom stereocenters. The van der Waals surface area contributed by atoms with Gasteiger partial charge in [-0.1, -0.05) is 30.3 Å². The van der Waals surface area contributed by atoms with Crippen molar-refractivity contribution in [1.82, 2.24) is 10.2 Å². The van der Waals surface area contributed by atoms with E-state index in [-0.39, 0.29) is 17.5 Å². The summed E-state index contributed by atoms with van der Waals surface area (Å²) in [5.41, 5.74) is 1.04. The molecule has 27 heavy (non-hydrogen) atoms. The second kappa shape index (κ2) is 7.99. The van der Waals surface area contributed by atoms with E-state index in [2.05, 4.69) is 5.32 Å². The number of nitrogens with one attached hydrogen (secondary N) is 1. The van der Waals surface area contributed by atoms with Crippen molar-refractivity contribution in [2.75, 3.05) is 13.1 Å². The summed E-state index contributed by atoms with van der Waals surface area (Å²) in [5.74, 6) is -2.14. The molecule has 3 rings (SSSR count). The average Bonchev–Trinajstić information content (AvgIpc) is 2.67. The van der Waals surface area contributed by atoms with Crippen LogP contribution in [0.4, 0.5) is 0 Å². The third-order valence-electron chi connectivity index (χ3n) is 4.71. The highest BCUT2D eigenvalue weighted by molar-refractivity contribution is 5.95. The van der Waals surface area contributed by atoms with Crippen LogP contribution in [-0.2, 0) is 11.2 Å². The standard InChI is InChI=1S/C20H22N2O5/c23-16-11-14(12-17(24)19(16)26)20(27)21-15-6-8-22(9-7-15)18(25)10-13-4-2-1-3-5-13/h1-5,11-12,15,23-24,26H,6-10H2,(H,21,27). The molecule has 1 fully saturated rings. The van der Waals surface area contributed by atoms with Crippen LogP contribution >= 0.6 is 0 Å². The molecule has 1 aliphatic rings. The van der Waals surface area contributed by atoms with E-state index in [1.807, 2.05) is 30.3 Å². The molecule has 0 bridgehead atoms. The fourth-order valence-corrected chi connectivity index (χ4v) is 3.16. The van der Waals surface area contributed by atoms with Crippen LogP contribution in [-0.4, -0.2) is 51.2 Å². The Labute approximate surface area is 156 Å². The third kappa shape index (κ3) is 4.49. The maximum atomic E-state index is 12.4. The molecule has 0 radical (unpaired) electrons. The molecule has 7 nitrogen and oxygen atoms in total. The smallest absolute Gasteiger partial charge is 0.251 e. The summed E-state index contributed by atoms with van der Waals surface area (Å²) >= 11 is 0. The first-order valence-electron chi connectivity index (χ1n) is 8.81. The Morgan fingerprint density at radius 2 is 1.59 bits per heavy atom. The number of piperidine rings is 1. The summed E-state index contributed by atoms with van der Waals surface area (Å²) in [5, 5.41) is 31.2. The van der Waals surface area contributed by atoms with Crippen LogP contribution in [0, 0.1) is 0 Å². The number of carbonyl (C=O) groups is 2. The number of phenolic OH excluding ortho intramolecular Hbond substituents is 3. The number of phenols is 3. The molecule has 142 valence electrons. The summed E-state index contributed by atoms with van der Waals surface area (Å²) in [6.07, 6.45) is 1.62. The number of amides is 2. The highest BCUT2D eigenvalue weighted by Crippen LogP contribution is 2.35. The van der Waals surface area contributed by atoms with Crippen LogP contribution in [0.25, 0.3) is 0 Å². The summed E-state index contributed by atoms with van der Waals surface area (Å²) in [6.45, 7) is 1.12. The summed E-state index contributed by atoms with van der Waals surface area (Å²) in [6, 6.07) is 11.7. The zero-order valence-corrected chi connectivity index (χ0v) is 14.8. The fraction of sp³-hybridized carbons (Fsp3) is 0.300. The van der Waals surface area contributed by atoms with E-state index in [9.17, 15) is 24.9 Å². The van der Waals surface area contributed by atoms with E-state index >= 15 is 0 Å². The second-order valence-corrected chi connectivity index (χ2v) is 6.65. The van der Waals surface area contributed by atoms with Crippen molar-refractivity contribution in [2.24, 2.45) is 0 Å². The molecule has 0 unspecified atom stereocenters. The normalized spacial score (nSPS) is 14.7. The molecule has 1 heterocycles. The molecule has 2 aromatic carbocycles. The topological polar surface area (TPSA) is 110 Å². The van der Waals surface area contributed by atoms with Crippen LogP contribution in [0.3, 0.4) is 0 Å². The lowest BCUT2D eigenvalue weighted by Gasteiger charge is -2.32. The molecule has 0 aliphatic carbocycles. The van der Waals surface area contributed by atoms with Crippen LogP contribution < -0.4 is 5.32 Å². The van der Waals surface area contributed by atoms with Gasteiger partial charge in [-0.05, 0) is 30.5 Å². The Kier molecular flexibility index (Phi) is 5.49. The molecule has 7 heteroatoms. The molecule has 2 aromatic rings. The van der Waals surface area contributed by atoms with Crippen LogP contribution in [0.5, 0.6) is 17.2 Å². The monoisotopic (exact) mass is 370 g/mol. The van der Waals surface area contributed by atoms with Crippen molar-refractivity contribution in [3.05, 3.63) is 53.6 Å². The molecule has 0 aromatic heterocycles. The molecule has 1 saturated heterocycles. The number of rotatable bonds is 4. The van der Waals surface area contributed by atoms with Gasteiger partial charge in [-0.15, -0.1) is 0 Å². The van der Waals surface area contributed by atoms with E-state index < -0.39 is 23.2 Å². The van der Waals surface area contributed by atoms with Gasteiger partial charge in [0.25, 0.3) is 5.91 Å². The van der Waals surface area contributed by atoms with Gasteiger partial charge in [-0.3, -0.25) is 9.59 Å². The third-order valence-corrected chi connectivity index (χ3v) is 4.71. The molecule has 4 N–H and O–H groups in total. The maximum Gasteiger partial charge on any atom is 0.251 e. The van der Waals surface area contributed by atoms with Gasteiger partial charge < -0.3 is 25.5 Å². The van der Waals surface area contributed by atoms with E-state index in [4.69, 9.17) is 0 Å². The van der Waals surface area contributed by atoms with Gasteiger partial charge in [-0.25, -0.2) is 0 Å². The Morgan fingerprint density at radius 1 is 1.00 bits per heavy atom. The van der Waals surface area contributed by atoms with Gasteiger partial charge >= 0.3 is 0 Å². The Balaban J connectivity index is 1.52. The van der Waals surface area contributed by atoms with Gasteiger partial charge in [0.2, 0.25) is 5.91 Å². The van der Waals surface area contributed by atoms with Gasteiger partial charge in [0.1, 0.15) is 0 Å². The Morgan fingerprint density at radius 3 is 2.19 bits per heavy atom. The first kappa shape index (κ1) is 18.6. The average molecular weight is 370 g/mol. The van der Waals surface area contributed by atoms with E-state index in [0.717, 1.165) is 17.7 Å². The number of carbonyl (C=O) groups excluding carboxylic acids is 2. The minimum Gasteiger partial charge on any atom is -0.504 e. The number of aromatic hydroxyl groups is 3. The van der Waals surface area contributed by atoms with Crippen molar-refractivity contribution in [3.63, 3.8) is 0 Å². The Bertz CT molecular complexity index is 807. The maximum absolute atomic E-state index is 12.4. The van der Waals surface area contributed by atoms with Crippen LogP contribution in [0.1, 0.15) is 28.8 Å². The second-order valence-electron chi connectivity index (χ2n) is 6.65. The van der Waals surface area contributed by atoms with Crippen molar-refractivity contribution in [2.45, 2.75) is 25.3 Å². The number of hydrogen-bond acceptors (Lipinski definition) is 5. The highest BCUT2D eigenvalue weighted by atomic mass is 16.3. The van der Waals surface area contributed by atoms with Gasteiger partial charge in [0, 0.05) is 24.7 Å². The zero-order chi connectivity index (χ0) is 19.4. The van der Waals surface area contributed by atoms with Crippen molar-refractivity contribution >= 4 is 11.8 Å². The lowest BCUT2D eigenvalue weighted by molar-refractivity contribution is -0.131. The van der Waals surface area contributed by atoms with Crippen molar-refractivity contribution in [3.8, 4) is 17.2 Å². The lowest BCUT2D eigenvalue weighted by Crippen LogP contribution is -2.46. The van der Waals surface area contributed by atoms with Crippen LogP contribution in [0.15, 0.2) is 42.5 Å². The number of benzene rings is 2. The first-order valence-corrected chi connectivity index (χ1v) is 8.81. The minimum atomic E-state index is -0.656. The molecular weight excluding hydrogens is 348 g/mol. The van der Waals surface area contributed by atoms with Gasteiger partial charge in [0.15, 0.2) is 17.2 Å². The summed E-state index contributed by atoms with van der Waals surface area (Å²) in [7, 11) is 0. The van der Waals surface area contributed by atoms with E-state index in [0.29, 0.717) is 32.4 Å². The first-order chi connectivity index (χ1) is 12.9. The SMILES string of the molecule is O=C(NC1CCN(C(=O)Cc2ccccc2)CC1)c1cc(O)c(O)c(O)c1. The van der Waals surface area contributed by atoms with E-state index in [1.54, 1.807) is 4.90 Å². The summed E-state index contributed by atoms with van der Waals surface area (Å²) < 4.78 is 0. The predicted octanol–water partition coefficient (Wildman–Crippen LogP) is 1.77. The van der Waals surface area contributed by atoms with E-state index in [1.165, 1.54) is 0 Å². The largest absolute Gasteiger partial charge is 0.504 e. The van der Waals surface area contributed by atoms with Gasteiger partial charge in [0.05, 0.1) is 6.42 Å². The molecule has 1 aliphatic heterocycles. The predicted molar refractivity (Wildman–Crippen MR) is 98.7 cm³/mol. The molecule has 0 spiro atoms. The quantitative estimate of drug-likeness (QED) is 0.613. The van der Waals surface area contributed by atoms with Crippen LogP contribution in [0.2, 0.25) is 0 Å². The molecule has 0 saturated carbocycles. The minimum absolute atomic E-state index is 0.0605. The van der Waals surface area contributed by atoms with Crippen molar-refractivity contribution < 1.29 is 24.9 Å². The number of likely N-dealkylation sites (tertiary alicyclic amines) is 1. The zero-order valence-electron chi connectivity index (χ0n) is 14.8. The summed E-state index contributed by atoms with van der Waals surface area (Å²) in [4.78, 5) is 26.5. The number of nitrogens with zero attached hydrogens (tertiary/aromatic N) is 1. The molecular formula is C20H22N2O5. The highest BCUT2D eigenvalue weighted by Gasteiger charge is 2.24. The number of hydrogen-bond donors (Lipinski definition) is 4. The fourth-order valence-electron chi connectivity index (χ4n) is 3.16. The van der Waals surface area contributed by atoms with Gasteiger partial charge in [-0.2, -0.15) is 0 Å².